The molecule has 0 atom stereocenters. The van der Waals surface area contributed by atoms with Crippen molar-refractivity contribution in [1.82, 2.24) is 25.5 Å². The molecule has 0 aliphatic heterocycles. The number of rotatable bonds is 4. The van der Waals surface area contributed by atoms with Crippen LogP contribution in [0.3, 0.4) is 0 Å². The second kappa shape index (κ2) is 5.98. The van der Waals surface area contributed by atoms with Gasteiger partial charge in [0, 0.05) is 6.04 Å². The van der Waals surface area contributed by atoms with E-state index in [1.807, 2.05) is 13.8 Å². The van der Waals surface area contributed by atoms with E-state index in [2.05, 4.69) is 20.8 Å². The van der Waals surface area contributed by atoms with Crippen LogP contribution in [0.15, 0.2) is 18.2 Å². The monoisotopic (exact) mass is 319 g/mol. The average Bonchev–Trinajstić information content (AvgIpc) is 2.84. The maximum absolute atomic E-state index is 12.9. The van der Waals surface area contributed by atoms with Crippen LogP contribution in [0.1, 0.15) is 25.2 Å². The van der Waals surface area contributed by atoms with Gasteiger partial charge in [-0.25, -0.2) is 0 Å². The first kappa shape index (κ1) is 15.7. The van der Waals surface area contributed by atoms with Crippen molar-refractivity contribution >= 4 is 11.6 Å². The fourth-order valence-corrected chi connectivity index (χ4v) is 1.90. The standard InChI is InChI=1S/C12H13ClF3N5/c1-7(2)17-6-11-18-19-20-21(11)8-3-4-10(13)9(5-8)12(14,15)16/h3-5,7,17H,6H2,1-2H3. The minimum atomic E-state index is -4.53. The molecule has 2 aromatic rings. The summed E-state index contributed by atoms with van der Waals surface area (Å²) in [5.41, 5.74) is -0.711. The Morgan fingerprint density at radius 1 is 1.33 bits per heavy atom. The topological polar surface area (TPSA) is 55.6 Å². The molecule has 0 aliphatic carbocycles. The molecule has 0 amide bonds. The van der Waals surface area contributed by atoms with Gasteiger partial charge >= 0.3 is 6.18 Å². The number of benzene rings is 1. The van der Waals surface area contributed by atoms with E-state index in [1.54, 1.807) is 0 Å². The molecule has 0 radical (unpaired) electrons. The lowest BCUT2D eigenvalue weighted by atomic mass is 10.2. The first-order valence-corrected chi connectivity index (χ1v) is 6.54. The van der Waals surface area contributed by atoms with Gasteiger partial charge in [0.25, 0.3) is 0 Å². The third-order valence-electron chi connectivity index (χ3n) is 2.70. The number of aromatic nitrogens is 4. The molecular weight excluding hydrogens is 307 g/mol. The molecule has 0 saturated heterocycles. The van der Waals surface area contributed by atoms with E-state index < -0.39 is 11.7 Å². The maximum atomic E-state index is 12.9. The molecule has 1 aromatic heterocycles. The fourth-order valence-electron chi connectivity index (χ4n) is 1.67. The summed E-state index contributed by atoms with van der Waals surface area (Å²) in [5.74, 6) is 0.416. The summed E-state index contributed by atoms with van der Waals surface area (Å²) in [6.45, 7) is 4.23. The first-order valence-electron chi connectivity index (χ1n) is 6.17. The van der Waals surface area contributed by atoms with Crippen LogP contribution in [0.2, 0.25) is 5.02 Å². The van der Waals surface area contributed by atoms with Crippen LogP contribution in [0.4, 0.5) is 13.2 Å². The predicted octanol–water partition coefficient (Wildman–Crippen LogP) is 2.83. The first-order chi connectivity index (χ1) is 9.79. The number of halogens is 4. The predicted molar refractivity (Wildman–Crippen MR) is 71.1 cm³/mol. The van der Waals surface area contributed by atoms with Gasteiger partial charge in [-0.15, -0.1) is 5.10 Å². The van der Waals surface area contributed by atoms with Gasteiger partial charge in [-0.05, 0) is 28.6 Å². The average molecular weight is 320 g/mol. The normalized spacial score (nSPS) is 12.1. The molecule has 0 unspecified atom stereocenters. The lowest BCUT2D eigenvalue weighted by molar-refractivity contribution is -0.137. The fraction of sp³-hybridized carbons (Fsp3) is 0.417. The van der Waals surface area contributed by atoms with E-state index in [4.69, 9.17) is 11.6 Å². The zero-order valence-electron chi connectivity index (χ0n) is 11.3. The molecule has 1 N–H and O–H groups in total. The van der Waals surface area contributed by atoms with Crippen molar-refractivity contribution in [2.75, 3.05) is 0 Å². The Morgan fingerprint density at radius 3 is 2.67 bits per heavy atom. The van der Waals surface area contributed by atoms with E-state index in [0.29, 0.717) is 12.4 Å². The van der Waals surface area contributed by atoms with Crippen LogP contribution >= 0.6 is 11.6 Å². The molecule has 114 valence electrons. The van der Waals surface area contributed by atoms with Crippen LogP contribution in [0.5, 0.6) is 0 Å². The maximum Gasteiger partial charge on any atom is 0.417 e. The number of alkyl halides is 3. The summed E-state index contributed by atoms with van der Waals surface area (Å²) in [6, 6.07) is 3.75. The van der Waals surface area contributed by atoms with Crippen molar-refractivity contribution in [2.24, 2.45) is 0 Å². The van der Waals surface area contributed by atoms with Crippen LogP contribution in [0, 0.1) is 0 Å². The van der Waals surface area contributed by atoms with E-state index in [9.17, 15) is 13.2 Å². The Labute approximate surface area is 124 Å². The minimum Gasteiger partial charge on any atom is -0.308 e. The number of nitrogens with one attached hydrogen (secondary N) is 1. The zero-order valence-corrected chi connectivity index (χ0v) is 12.1. The second-order valence-corrected chi connectivity index (χ2v) is 5.11. The van der Waals surface area contributed by atoms with Gasteiger partial charge in [-0.3, -0.25) is 0 Å². The Hall–Kier alpha value is -1.67. The van der Waals surface area contributed by atoms with E-state index in [0.717, 1.165) is 6.07 Å². The number of nitrogens with zero attached hydrogens (tertiary/aromatic N) is 4. The van der Waals surface area contributed by atoms with E-state index in [1.165, 1.54) is 16.8 Å². The number of hydrogen-bond acceptors (Lipinski definition) is 4. The molecular formula is C12H13ClF3N5. The van der Waals surface area contributed by atoms with Crippen molar-refractivity contribution in [3.63, 3.8) is 0 Å². The summed E-state index contributed by atoms with van der Waals surface area (Å²) in [5, 5.41) is 13.8. The summed E-state index contributed by atoms with van der Waals surface area (Å²) < 4.78 is 39.9. The Morgan fingerprint density at radius 2 is 2.05 bits per heavy atom. The third-order valence-corrected chi connectivity index (χ3v) is 3.03. The molecule has 0 bridgehead atoms. The smallest absolute Gasteiger partial charge is 0.308 e. The Kier molecular flexibility index (Phi) is 4.48. The Balaban J connectivity index is 2.37. The quantitative estimate of drug-likeness (QED) is 0.941. The van der Waals surface area contributed by atoms with Gasteiger partial charge in [0.2, 0.25) is 0 Å². The lowest BCUT2D eigenvalue weighted by Crippen LogP contribution is -2.24. The summed E-state index contributed by atoms with van der Waals surface area (Å²) in [4.78, 5) is 0. The highest BCUT2D eigenvalue weighted by atomic mass is 35.5. The molecule has 0 saturated carbocycles. The zero-order chi connectivity index (χ0) is 15.6. The second-order valence-electron chi connectivity index (χ2n) is 4.70. The molecule has 21 heavy (non-hydrogen) atoms. The Bertz CT molecular complexity index is 624. The highest BCUT2D eigenvalue weighted by molar-refractivity contribution is 6.31. The van der Waals surface area contributed by atoms with Crippen LogP contribution in [-0.4, -0.2) is 26.2 Å². The van der Waals surface area contributed by atoms with E-state index >= 15 is 0 Å². The van der Waals surface area contributed by atoms with Crippen molar-refractivity contribution in [3.05, 3.63) is 34.6 Å². The highest BCUT2D eigenvalue weighted by Gasteiger charge is 2.33. The molecule has 9 heteroatoms. The lowest BCUT2D eigenvalue weighted by Gasteiger charge is -2.12. The summed E-state index contributed by atoms with van der Waals surface area (Å²) in [6.07, 6.45) is -4.53. The SMILES string of the molecule is CC(C)NCc1nnnn1-c1ccc(Cl)c(C(F)(F)F)c1. The molecule has 5 nitrogen and oxygen atoms in total. The number of hydrogen-bond donors (Lipinski definition) is 1. The molecule has 0 fully saturated rings. The van der Waals surface area contributed by atoms with Crippen molar-refractivity contribution in [1.29, 1.82) is 0 Å². The molecule has 2 rings (SSSR count). The van der Waals surface area contributed by atoms with Crippen LogP contribution < -0.4 is 5.32 Å². The molecule has 0 aliphatic rings. The van der Waals surface area contributed by atoms with Gasteiger partial charge in [0.05, 0.1) is 22.8 Å². The minimum absolute atomic E-state index is 0.200. The van der Waals surface area contributed by atoms with Crippen LogP contribution in [0.25, 0.3) is 5.69 Å². The largest absolute Gasteiger partial charge is 0.417 e. The van der Waals surface area contributed by atoms with E-state index in [-0.39, 0.29) is 16.8 Å². The third kappa shape index (κ3) is 3.70. The molecule has 0 spiro atoms. The number of tetrazole rings is 1. The van der Waals surface area contributed by atoms with Crippen LogP contribution in [-0.2, 0) is 12.7 Å². The van der Waals surface area contributed by atoms with Gasteiger partial charge in [0.15, 0.2) is 5.82 Å². The molecule has 1 heterocycles. The molecule has 1 aromatic carbocycles. The van der Waals surface area contributed by atoms with Crippen molar-refractivity contribution in [2.45, 2.75) is 32.6 Å². The van der Waals surface area contributed by atoms with Crippen molar-refractivity contribution in [3.8, 4) is 5.69 Å². The van der Waals surface area contributed by atoms with Crippen molar-refractivity contribution < 1.29 is 13.2 Å². The van der Waals surface area contributed by atoms with Gasteiger partial charge in [-0.1, -0.05) is 25.4 Å². The summed E-state index contributed by atoms with van der Waals surface area (Å²) in [7, 11) is 0. The van der Waals surface area contributed by atoms with Gasteiger partial charge in [-0.2, -0.15) is 17.9 Å². The highest BCUT2D eigenvalue weighted by Crippen LogP contribution is 2.35. The summed E-state index contributed by atoms with van der Waals surface area (Å²) >= 11 is 5.59. The van der Waals surface area contributed by atoms with Gasteiger partial charge < -0.3 is 5.32 Å². The van der Waals surface area contributed by atoms with Gasteiger partial charge in [0.1, 0.15) is 0 Å².